The van der Waals surface area contributed by atoms with Gasteiger partial charge in [-0.05, 0) is 24.8 Å². The number of aliphatic carboxylic acids is 1. The van der Waals surface area contributed by atoms with E-state index in [1.165, 1.54) is 11.0 Å². The molecule has 2 N–H and O–H groups in total. The van der Waals surface area contributed by atoms with Crippen LogP contribution in [0.2, 0.25) is 0 Å². The van der Waals surface area contributed by atoms with Crippen molar-refractivity contribution in [2.24, 2.45) is 5.92 Å². The van der Waals surface area contributed by atoms with Gasteiger partial charge in [-0.3, -0.25) is 9.59 Å². The Bertz CT molecular complexity index is 827. The summed E-state index contributed by atoms with van der Waals surface area (Å²) in [6, 6.07) is 7.44. The van der Waals surface area contributed by atoms with E-state index in [1.807, 2.05) is 6.92 Å². The topological polar surface area (TPSA) is 90.5 Å². The highest BCUT2D eigenvalue weighted by Crippen LogP contribution is 2.26. The number of hydrogen-bond acceptors (Lipinski definition) is 3. The van der Waals surface area contributed by atoms with E-state index in [0.29, 0.717) is 23.9 Å². The molecule has 23 heavy (non-hydrogen) atoms. The molecule has 0 saturated carbocycles. The second-order valence-corrected chi connectivity index (χ2v) is 6.07. The van der Waals surface area contributed by atoms with Gasteiger partial charge in [0.15, 0.2) is 0 Å². The van der Waals surface area contributed by atoms with Crippen molar-refractivity contribution in [3.63, 3.8) is 0 Å². The molecule has 0 bridgehead atoms. The minimum Gasteiger partial charge on any atom is -0.480 e. The normalized spacial score (nSPS) is 21.3. The molecule has 2 atom stereocenters. The number of carboxylic acid groups (broad SMARTS) is 1. The number of rotatable bonds is 2. The van der Waals surface area contributed by atoms with Gasteiger partial charge in [0.25, 0.3) is 5.91 Å². The molecule has 0 aliphatic carbocycles. The molecule has 3 rings (SSSR count). The number of amides is 1. The van der Waals surface area contributed by atoms with Crippen molar-refractivity contribution >= 4 is 22.8 Å². The van der Waals surface area contributed by atoms with Gasteiger partial charge < -0.3 is 15.0 Å². The number of likely N-dealkylation sites (tertiary alicyclic amines) is 1. The van der Waals surface area contributed by atoms with Crippen LogP contribution in [0, 0.1) is 5.92 Å². The van der Waals surface area contributed by atoms with Crippen molar-refractivity contribution in [1.82, 2.24) is 9.88 Å². The Kier molecular flexibility index (Phi) is 3.90. The summed E-state index contributed by atoms with van der Waals surface area (Å²) in [7, 11) is 0. The van der Waals surface area contributed by atoms with E-state index >= 15 is 0 Å². The van der Waals surface area contributed by atoms with E-state index in [2.05, 4.69) is 4.98 Å². The van der Waals surface area contributed by atoms with Gasteiger partial charge in [-0.25, -0.2) is 4.79 Å². The average molecular weight is 314 g/mol. The van der Waals surface area contributed by atoms with E-state index in [1.54, 1.807) is 24.3 Å². The van der Waals surface area contributed by atoms with Crippen LogP contribution in [0.1, 0.15) is 30.1 Å². The van der Waals surface area contributed by atoms with Crippen molar-refractivity contribution in [1.29, 1.82) is 0 Å². The van der Waals surface area contributed by atoms with Crippen LogP contribution in [-0.4, -0.2) is 39.5 Å². The molecule has 6 heteroatoms. The number of aromatic amines is 1. The zero-order valence-corrected chi connectivity index (χ0v) is 12.8. The quantitative estimate of drug-likeness (QED) is 0.885. The van der Waals surface area contributed by atoms with Gasteiger partial charge in [-0.15, -0.1) is 0 Å². The number of carboxylic acids is 1. The highest BCUT2D eigenvalue weighted by molar-refractivity contribution is 6.07. The van der Waals surface area contributed by atoms with E-state index in [-0.39, 0.29) is 17.0 Å². The molecule has 1 amide bonds. The number of hydrogen-bond donors (Lipinski definition) is 2. The summed E-state index contributed by atoms with van der Waals surface area (Å²) in [4.78, 5) is 40.3. The first kappa shape index (κ1) is 15.3. The molecule has 1 aromatic carbocycles. The largest absolute Gasteiger partial charge is 0.480 e. The van der Waals surface area contributed by atoms with Crippen LogP contribution in [0.25, 0.3) is 10.9 Å². The maximum atomic E-state index is 12.9. The van der Waals surface area contributed by atoms with Crippen molar-refractivity contribution in [2.75, 3.05) is 6.54 Å². The number of carbonyl (C=O) groups excluding carboxylic acids is 1. The minimum absolute atomic E-state index is 0.255. The lowest BCUT2D eigenvalue weighted by molar-refractivity contribution is -0.144. The summed E-state index contributed by atoms with van der Waals surface area (Å²) >= 11 is 0. The summed E-state index contributed by atoms with van der Waals surface area (Å²) < 4.78 is 0. The SMILES string of the molecule is CC1CCN(C(=O)c2cc(=O)[nH]c3ccccc23)C(C(=O)O)C1. The second-order valence-electron chi connectivity index (χ2n) is 6.07. The highest BCUT2D eigenvalue weighted by atomic mass is 16.4. The lowest BCUT2D eigenvalue weighted by atomic mass is 9.91. The Hall–Kier alpha value is -2.63. The molecule has 2 unspecified atom stereocenters. The summed E-state index contributed by atoms with van der Waals surface area (Å²) in [5, 5.41) is 10.1. The molecular formula is C17H18N2O4. The number of nitrogens with one attached hydrogen (secondary N) is 1. The molecule has 1 fully saturated rings. The van der Waals surface area contributed by atoms with Gasteiger partial charge in [-0.1, -0.05) is 25.1 Å². The number of pyridine rings is 1. The van der Waals surface area contributed by atoms with Crippen LogP contribution in [0.15, 0.2) is 35.1 Å². The van der Waals surface area contributed by atoms with Gasteiger partial charge in [0, 0.05) is 23.5 Å². The molecule has 1 aliphatic heterocycles. The molecule has 2 aromatic rings. The molecule has 0 radical (unpaired) electrons. The first-order chi connectivity index (χ1) is 11.0. The van der Waals surface area contributed by atoms with Crippen LogP contribution in [-0.2, 0) is 4.79 Å². The van der Waals surface area contributed by atoms with Crippen molar-refractivity contribution < 1.29 is 14.7 Å². The van der Waals surface area contributed by atoms with Gasteiger partial charge in [0.05, 0.1) is 5.56 Å². The van der Waals surface area contributed by atoms with Crippen LogP contribution >= 0.6 is 0 Å². The molecule has 6 nitrogen and oxygen atoms in total. The molecule has 2 heterocycles. The lowest BCUT2D eigenvalue weighted by Crippen LogP contribution is -2.50. The predicted octanol–water partition coefficient (Wildman–Crippen LogP) is 1.85. The highest BCUT2D eigenvalue weighted by Gasteiger charge is 2.35. The van der Waals surface area contributed by atoms with E-state index < -0.39 is 17.9 Å². The van der Waals surface area contributed by atoms with Crippen LogP contribution in [0.3, 0.4) is 0 Å². The van der Waals surface area contributed by atoms with Crippen LogP contribution in [0.4, 0.5) is 0 Å². The fraction of sp³-hybridized carbons (Fsp3) is 0.353. The maximum absolute atomic E-state index is 12.9. The third-order valence-corrected chi connectivity index (χ3v) is 4.39. The maximum Gasteiger partial charge on any atom is 0.326 e. The second kappa shape index (κ2) is 5.87. The molecule has 0 spiro atoms. The first-order valence-electron chi connectivity index (χ1n) is 7.63. The zero-order chi connectivity index (χ0) is 16.6. The van der Waals surface area contributed by atoms with Crippen molar-refractivity contribution in [3.8, 4) is 0 Å². The number of para-hydroxylation sites is 1. The van der Waals surface area contributed by atoms with E-state index in [9.17, 15) is 19.5 Å². The summed E-state index contributed by atoms with van der Waals surface area (Å²) in [5.74, 6) is -1.14. The molecular weight excluding hydrogens is 296 g/mol. The van der Waals surface area contributed by atoms with Crippen LogP contribution in [0.5, 0.6) is 0 Å². The van der Waals surface area contributed by atoms with E-state index in [0.717, 1.165) is 6.42 Å². The number of fused-ring (bicyclic) bond motifs is 1. The van der Waals surface area contributed by atoms with Crippen molar-refractivity contribution in [3.05, 3.63) is 46.2 Å². The van der Waals surface area contributed by atoms with Crippen molar-refractivity contribution in [2.45, 2.75) is 25.8 Å². The average Bonchev–Trinajstić information content (AvgIpc) is 2.53. The van der Waals surface area contributed by atoms with Gasteiger partial charge in [0.1, 0.15) is 6.04 Å². The fourth-order valence-electron chi connectivity index (χ4n) is 3.16. The molecule has 1 aliphatic rings. The Labute approximate surface area is 132 Å². The predicted molar refractivity (Wildman–Crippen MR) is 85.4 cm³/mol. The third-order valence-electron chi connectivity index (χ3n) is 4.39. The smallest absolute Gasteiger partial charge is 0.326 e. The molecule has 1 aromatic heterocycles. The van der Waals surface area contributed by atoms with Gasteiger partial charge >= 0.3 is 5.97 Å². The van der Waals surface area contributed by atoms with E-state index in [4.69, 9.17) is 0 Å². The number of piperidine rings is 1. The number of carbonyl (C=O) groups is 2. The summed E-state index contributed by atoms with van der Waals surface area (Å²) in [5.41, 5.74) is 0.454. The Balaban J connectivity index is 2.06. The Morgan fingerprint density at radius 1 is 1.30 bits per heavy atom. The number of H-pyrrole nitrogens is 1. The fourth-order valence-corrected chi connectivity index (χ4v) is 3.16. The first-order valence-corrected chi connectivity index (χ1v) is 7.63. The van der Waals surface area contributed by atoms with Gasteiger partial charge in [0.2, 0.25) is 5.56 Å². The monoisotopic (exact) mass is 314 g/mol. The zero-order valence-electron chi connectivity index (χ0n) is 12.8. The standard InChI is InChI=1S/C17H18N2O4/c1-10-6-7-19(14(8-10)17(22)23)16(21)12-9-15(20)18-13-5-3-2-4-11(12)13/h2-5,9-10,14H,6-8H2,1H3,(H,18,20)(H,22,23). The molecule has 120 valence electrons. The Morgan fingerprint density at radius 3 is 2.78 bits per heavy atom. The summed E-state index contributed by atoms with van der Waals surface area (Å²) in [6.45, 7) is 2.37. The summed E-state index contributed by atoms with van der Waals surface area (Å²) in [6.07, 6.45) is 1.19. The number of benzene rings is 1. The minimum atomic E-state index is -1.00. The Morgan fingerprint density at radius 2 is 2.04 bits per heavy atom. The number of aromatic nitrogens is 1. The lowest BCUT2D eigenvalue weighted by Gasteiger charge is -2.36. The van der Waals surface area contributed by atoms with Gasteiger partial charge in [-0.2, -0.15) is 0 Å². The third kappa shape index (κ3) is 2.84. The number of nitrogens with zero attached hydrogens (tertiary/aromatic N) is 1. The van der Waals surface area contributed by atoms with Crippen LogP contribution < -0.4 is 5.56 Å². The molecule has 1 saturated heterocycles.